The Hall–Kier alpha value is -1.74. The van der Waals surface area contributed by atoms with Gasteiger partial charge in [0, 0.05) is 10.6 Å². The lowest BCUT2D eigenvalue weighted by atomic mass is 10.1. The predicted octanol–water partition coefficient (Wildman–Crippen LogP) is 3.72. The van der Waals surface area contributed by atoms with Crippen LogP contribution in [0.15, 0.2) is 59.5 Å². The highest BCUT2D eigenvalue weighted by molar-refractivity contribution is 7.99. The van der Waals surface area contributed by atoms with Crippen molar-refractivity contribution in [1.29, 1.82) is 0 Å². The van der Waals surface area contributed by atoms with Gasteiger partial charge in [-0.05, 0) is 36.2 Å². The van der Waals surface area contributed by atoms with Gasteiger partial charge in [-0.2, -0.15) is 0 Å². The number of benzene rings is 2. The Labute approximate surface area is 111 Å². The van der Waals surface area contributed by atoms with Gasteiger partial charge < -0.3 is 5.11 Å². The van der Waals surface area contributed by atoms with E-state index in [-0.39, 0.29) is 0 Å². The van der Waals surface area contributed by atoms with Crippen molar-refractivity contribution in [2.75, 3.05) is 5.75 Å². The zero-order valence-corrected chi connectivity index (χ0v) is 10.7. The lowest BCUT2D eigenvalue weighted by Gasteiger charge is -2.02. The van der Waals surface area contributed by atoms with E-state index in [1.807, 2.05) is 42.1 Å². The lowest BCUT2D eigenvalue weighted by Crippen LogP contribution is -1.96. The van der Waals surface area contributed by atoms with E-state index in [4.69, 9.17) is 5.11 Å². The number of carboxylic acid groups (broad SMARTS) is 1. The molecule has 1 N–H and O–H groups in total. The smallest absolute Gasteiger partial charge is 0.335 e. The quantitative estimate of drug-likeness (QED) is 0.830. The van der Waals surface area contributed by atoms with Crippen LogP contribution in [-0.2, 0) is 6.42 Å². The molecule has 0 bridgehead atoms. The molecule has 0 saturated carbocycles. The van der Waals surface area contributed by atoms with E-state index in [1.165, 1.54) is 10.5 Å². The highest BCUT2D eigenvalue weighted by Crippen LogP contribution is 2.18. The van der Waals surface area contributed by atoms with Crippen molar-refractivity contribution in [3.05, 3.63) is 65.7 Å². The molecule has 3 heteroatoms. The number of rotatable bonds is 5. The van der Waals surface area contributed by atoms with Crippen LogP contribution in [0.25, 0.3) is 0 Å². The van der Waals surface area contributed by atoms with Crippen molar-refractivity contribution < 1.29 is 9.90 Å². The van der Waals surface area contributed by atoms with E-state index in [9.17, 15) is 4.79 Å². The van der Waals surface area contributed by atoms with Crippen LogP contribution < -0.4 is 0 Å². The summed E-state index contributed by atoms with van der Waals surface area (Å²) in [4.78, 5) is 12.0. The molecule has 2 aromatic rings. The summed E-state index contributed by atoms with van der Waals surface area (Å²) in [6, 6.07) is 17.3. The third kappa shape index (κ3) is 3.64. The summed E-state index contributed by atoms with van der Waals surface area (Å²) >= 11 is 1.81. The van der Waals surface area contributed by atoms with Crippen LogP contribution >= 0.6 is 11.8 Å². The SMILES string of the molecule is O=C(O)c1ccc(CCSc2ccccc2)cc1. The van der Waals surface area contributed by atoms with Crippen molar-refractivity contribution in [1.82, 2.24) is 0 Å². The second-order valence-electron chi connectivity index (χ2n) is 3.91. The molecule has 0 amide bonds. The van der Waals surface area contributed by atoms with E-state index in [1.54, 1.807) is 12.1 Å². The molecule has 92 valence electrons. The van der Waals surface area contributed by atoms with Gasteiger partial charge in [0.05, 0.1) is 5.56 Å². The van der Waals surface area contributed by atoms with Gasteiger partial charge in [-0.15, -0.1) is 11.8 Å². The number of thioether (sulfide) groups is 1. The van der Waals surface area contributed by atoms with Gasteiger partial charge in [0.1, 0.15) is 0 Å². The zero-order valence-electron chi connectivity index (χ0n) is 9.87. The number of carboxylic acids is 1. The fourth-order valence-electron chi connectivity index (χ4n) is 1.62. The number of carbonyl (C=O) groups is 1. The average Bonchev–Trinajstić information content (AvgIpc) is 2.40. The molecule has 2 rings (SSSR count). The van der Waals surface area contributed by atoms with Gasteiger partial charge in [-0.25, -0.2) is 4.79 Å². The van der Waals surface area contributed by atoms with Crippen molar-refractivity contribution in [3.63, 3.8) is 0 Å². The molecule has 0 radical (unpaired) electrons. The van der Waals surface area contributed by atoms with Crippen molar-refractivity contribution in [2.24, 2.45) is 0 Å². The molecule has 0 atom stereocenters. The normalized spacial score (nSPS) is 10.2. The van der Waals surface area contributed by atoms with Gasteiger partial charge in [0.15, 0.2) is 0 Å². The standard InChI is InChI=1S/C15H14O2S/c16-15(17)13-8-6-12(7-9-13)10-11-18-14-4-2-1-3-5-14/h1-9H,10-11H2,(H,16,17). The summed E-state index contributed by atoms with van der Waals surface area (Å²) in [6.45, 7) is 0. The van der Waals surface area contributed by atoms with Gasteiger partial charge in [0.25, 0.3) is 0 Å². The fraction of sp³-hybridized carbons (Fsp3) is 0.133. The Morgan fingerprint density at radius 1 is 1.00 bits per heavy atom. The van der Waals surface area contributed by atoms with E-state index < -0.39 is 5.97 Å². The minimum atomic E-state index is -0.875. The first-order chi connectivity index (χ1) is 8.75. The Balaban J connectivity index is 1.85. The summed E-state index contributed by atoms with van der Waals surface area (Å²) in [6.07, 6.45) is 0.944. The highest BCUT2D eigenvalue weighted by Gasteiger charge is 2.01. The maximum Gasteiger partial charge on any atom is 0.335 e. The van der Waals surface area contributed by atoms with E-state index in [2.05, 4.69) is 12.1 Å². The van der Waals surface area contributed by atoms with Crippen molar-refractivity contribution in [3.8, 4) is 0 Å². The first-order valence-corrected chi connectivity index (χ1v) is 6.74. The molecule has 0 saturated heterocycles. The van der Waals surface area contributed by atoms with Crippen LogP contribution in [0, 0.1) is 0 Å². The molecule has 2 aromatic carbocycles. The van der Waals surface area contributed by atoms with Crippen molar-refractivity contribution in [2.45, 2.75) is 11.3 Å². The average molecular weight is 258 g/mol. The van der Waals surface area contributed by atoms with E-state index in [0.717, 1.165) is 12.2 Å². The Morgan fingerprint density at radius 3 is 2.28 bits per heavy atom. The van der Waals surface area contributed by atoms with Crippen LogP contribution in [-0.4, -0.2) is 16.8 Å². The maximum absolute atomic E-state index is 10.7. The molecule has 0 aliphatic carbocycles. The zero-order chi connectivity index (χ0) is 12.8. The molecule has 0 aliphatic rings. The fourth-order valence-corrected chi connectivity index (χ4v) is 2.54. The molecular formula is C15H14O2S. The number of aromatic carboxylic acids is 1. The van der Waals surface area contributed by atoms with Crippen LogP contribution in [0.4, 0.5) is 0 Å². The van der Waals surface area contributed by atoms with Crippen LogP contribution in [0.1, 0.15) is 15.9 Å². The maximum atomic E-state index is 10.7. The molecule has 0 heterocycles. The Morgan fingerprint density at radius 2 is 1.67 bits per heavy atom. The summed E-state index contributed by atoms with van der Waals surface area (Å²) < 4.78 is 0. The lowest BCUT2D eigenvalue weighted by molar-refractivity contribution is 0.0697. The molecule has 0 unspecified atom stereocenters. The highest BCUT2D eigenvalue weighted by atomic mass is 32.2. The summed E-state index contributed by atoms with van der Waals surface area (Å²) in [5, 5.41) is 8.80. The largest absolute Gasteiger partial charge is 0.478 e. The third-order valence-corrected chi connectivity index (χ3v) is 3.62. The Bertz CT molecular complexity index is 506. The molecule has 0 fully saturated rings. The number of hydrogen-bond acceptors (Lipinski definition) is 2. The molecule has 0 aromatic heterocycles. The number of hydrogen-bond donors (Lipinski definition) is 1. The van der Waals surface area contributed by atoms with Crippen LogP contribution in [0.5, 0.6) is 0 Å². The van der Waals surface area contributed by atoms with Gasteiger partial charge in [0.2, 0.25) is 0 Å². The molecular weight excluding hydrogens is 244 g/mol. The van der Waals surface area contributed by atoms with Crippen molar-refractivity contribution >= 4 is 17.7 Å². The van der Waals surface area contributed by atoms with Gasteiger partial charge >= 0.3 is 5.97 Å². The summed E-state index contributed by atoms with van der Waals surface area (Å²) in [7, 11) is 0. The Kier molecular flexibility index (Phi) is 4.42. The molecule has 2 nitrogen and oxygen atoms in total. The second kappa shape index (κ2) is 6.26. The predicted molar refractivity (Wildman–Crippen MR) is 74.3 cm³/mol. The van der Waals surface area contributed by atoms with Gasteiger partial charge in [-0.1, -0.05) is 30.3 Å². The van der Waals surface area contributed by atoms with Crippen LogP contribution in [0.3, 0.4) is 0 Å². The van der Waals surface area contributed by atoms with Gasteiger partial charge in [-0.3, -0.25) is 0 Å². The minimum absolute atomic E-state index is 0.342. The minimum Gasteiger partial charge on any atom is -0.478 e. The first-order valence-electron chi connectivity index (χ1n) is 5.76. The summed E-state index contributed by atoms with van der Waals surface area (Å²) in [5.74, 6) is 0.122. The molecule has 0 spiro atoms. The van der Waals surface area contributed by atoms with Crippen LogP contribution in [0.2, 0.25) is 0 Å². The topological polar surface area (TPSA) is 37.3 Å². The summed E-state index contributed by atoms with van der Waals surface area (Å²) in [5.41, 5.74) is 1.51. The second-order valence-corrected chi connectivity index (χ2v) is 5.08. The van der Waals surface area contributed by atoms with E-state index in [0.29, 0.717) is 5.56 Å². The number of aryl methyl sites for hydroxylation is 1. The van der Waals surface area contributed by atoms with E-state index >= 15 is 0 Å². The third-order valence-electron chi connectivity index (χ3n) is 2.60. The molecule has 18 heavy (non-hydrogen) atoms. The monoisotopic (exact) mass is 258 g/mol. The first kappa shape index (κ1) is 12.7. The molecule has 0 aliphatic heterocycles.